The van der Waals surface area contributed by atoms with E-state index in [0.29, 0.717) is 0 Å². The van der Waals surface area contributed by atoms with Gasteiger partial charge in [0.05, 0.1) is 0 Å². The van der Waals surface area contributed by atoms with Crippen molar-refractivity contribution in [1.29, 1.82) is 0 Å². The molecule has 0 aromatic carbocycles. The molecule has 1 saturated heterocycles. The summed E-state index contributed by atoms with van der Waals surface area (Å²) < 4.78 is 0. The molecular weight excluding hydrogens is 208 g/mol. The van der Waals surface area contributed by atoms with Crippen molar-refractivity contribution >= 4 is 0 Å². The Morgan fingerprint density at radius 3 is 2.53 bits per heavy atom. The summed E-state index contributed by atoms with van der Waals surface area (Å²) in [5.74, 6) is 1.97. The lowest BCUT2D eigenvalue weighted by molar-refractivity contribution is 0.0430. The first-order chi connectivity index (χ1) is 8.33. The molecule has 0 spiro atoms. The van der Waals surface area contributed by atoms with Crippen LogP contribution in [0.2, 0.25) is 0 Å². The van der Waals surface area contributed by atoms with E-state index >= 15 is 0 Å². The van der Waals surface area contributed by atoms with Crippen LogP contribution in [0.5, 0.6) is 0 Å². The van der Waals surface area contributed by atoms with Gasteiger partial charge in [-0.15, -0.1) is 0 Å². The van der Waals surface area contributed by atoms with Crippen molar-refractivity contribution in [2.75, 3.05) is 19.6 Å². The number of piperidine rings is 1. The van der Waals surface area contributed by atoms with Gasteiger partial charge in [0.1, 0.15) is 0 Å². The first kappa shape index (κ1) is 12.0. The lowest BCUT2D eigenvalue weighted by Gasteiger charge is -2.46. The van der Waals surface area contributed by atoms with E-state index in [2.05, 4.69) is 17.1 Å². The summed E-state index contributed by atoms with van der Waals surface area (Å²) in [4.78, 5) is 2.77. The van der Waals surface area contributed by atoms with E-state index in [1.807, 2.05) is 0 Å². The lowest BCUT2D eigenvalue weighted by Crippen LogP contribution is -2.54. The van der Waals surface area contributed by atoms with Crippen molar-refractivity contribution in [3.8, 4) is 0 Å². The maximum absolute atomic E-state index is 3.83. The molecule has 3 rings (SSSR count). The second-order valence-electron chi connectivity index (χ2n) is 6.66. The van der Waals surface area contributed by atoms with Crippen LogP contribution in [0, 0.1) is 11.8 Å². The van der Waals surface area contributed by atoms with E-state index in [1.54, 1.807) is 0 Å². The highest BCUT2D eigenvalue weighted by Gasteiger charge is 2.34. The first-order valence-corrected chi connectivity index (χ1v) is 7.80. The highest BCUT2D eigenvalue weighted by molar-refractivity contribution is 4.90. The van der Waals surface area contributed by atoms with Crippen molar-refractivity contribution in [1.82, 2.24) is 10.2 Å². The molecule has 1 N–H and O–H groups in total. The minimum Gasteiger partial charge on any atom is -0.312 e. The number of nitrogens with one attached hydrogen (secondary N) is 1. The molecule has 98 valence electrons. The van der Waals surface area contributed by atoms with Crippen LogP contribution in [-0.2, 0) is 0 Å². The van der Waals surface area contributed by atoms with Gasteiger partial charge in [-0.1, -0.05) is 13.3 Å². The Kier molecular flexibility index (Phi) is 3.72. The molecule has 3 atom stereocenters. The normalized spacial score (nSPS) is 39.7. The van der Waals surface area contributed by atoms with Gasteiger partial charge in [-0.3, -0.25) is 4.90 Å². The Morgan fingerprint density at radius 1 is 1.06 bits per heavy atom. The summed E-state index contributed by atoms with van der Waals surface area (Å²) in [5.41, 5.74) is 0. The molecule has 0 aromatic heterocycles. The molecule has 3 unspecified atom stereocenters. The van der Waals surface area contributed by atoms with Crippen LogP contribution in [0.15, 0.2) is 0 Å². The fourth-order valence-corrected chi connectivity index (χ4v) is 3.70. The lowest BCUT2D eigenvalue weighted by atomic mass is 9.79. The van der Waals surface area contributed by atoms with Gasteiger partial charge in [0.25, 0.3) is 0 Å². The molecule has 1 aliphatic heterocycles. The summed E-state index contributed by atoms with van der Waals surface area (Å²) >= 11 is 0. The second kappa shape index (κ2) is 5.27. The molecular formula is C15H28N2. The summed E-state index contributed by atoms with van der Waals surface area (Å²) in [6.07, 6.45) is 10.2. The third kappa shape index (κ3) is 2.68. The maximum atomic E-state index is 3.83. The van der Waals surface area contributed by atoms with Gasteiger partial charge in [0.15, 0.2) is 0 Å². The van der Waals surface area contributed by atoms with Crippen LogP contribution in [0.1, 0.15) is 51.9 Å². The summed E-state index contributed by atoms with van der Waals surface area (Å²) in [6, 6.07) is 1.71. The molecule has 0 aromatic rings. The van der Waals surface area contributed by atoms with E-state index < -0.39 is 0 Å². The molecule has 3 fully saturated rings. The van der Waals surface area contributed by atoms with Gasteiger partial charge in [0.2, 0.25) is 0 Å². The Morgan fingerprint density at radius 2 is 1.94 bits per heavy atom. The Balaban J connectivity index is 1.42. The largest absolute Gasteiger partial charge is 0.312 e. The molecule has 0 bridgehead atoms. The fraction of sp³-hybridized carbons (Fsp3) is 1.00. The van der Waals surface area contributed by atoms with Crippen molar-refractivity contribution < 1.29 is 0 Å². The number of likely N-dealkylation sites (tertiary alicyclic amines) is 1. The zero-order valence-electron chi connectivity index (χ0n) is 11.3. The predicted octanol–water partition coefficient (Wildman–Crippen LogP) is 2.64. The summed E-state index contributed by atoms with van der Waals surface area (Å²) in [6.45, 7) is 6.40. The molecule has 0 radical (unpaired) electrons. The SMILES string of the molecule is CC1CCC1N1CCCC(NCC2CCC2)C1. The first-order valence-electron chi connectivity index (χ1n) is 7.80. The Hall–Kier alpha value is -0.0800. The van der Waals surface area contributed by atoms with E-state index in [-0.39, 0.29) is 0 Å². The third-order valence-corrected chi connectivity index (χ3v) is 5.42. The molecule has 3 aliphatic rings. The van der Waals surface area contributed by atoms with Crippen LogP contribution in [0.4, 0.5) is 0 Å². The van der Waals surface area contributed by atoms with Crippen molar-refractivity contribution in [3.05, 3.63) is 0 Å². The average molecular weight is 236 g/mol. The van der Waals surface area contributed by atoms with Crippen LogP contribution in [-0.4, -0.2) is 36.6 Å². The third-order valence-electron chi connectivity index (χ3n) is 5.42. The number of nitrogens with zero attached hydrogens (tertiary/aromatic N) is 1. The van der Waals surface area contributed by atoms with Gasteiger partial charge in [0, 0.05) is 18.6 Å². The van der Waals surface area contributed by atoms with Crippen molar-refractivity contribution in [2.45, 2.75) is 64.0 Å². The molecule has 2 saturated carbocycles. The quantitative estimate of drug-likeness (QED) is 0.807. The molecule has 1 heterocycles. The number of hydrogen-bond donors (Lipinski definition) is 1. The standard InChI is InChI=1S/C15H28N2/c1-12-7-8-15(12)17-9-3-6-14(11-17)16-10-13-4-2-5-13/h12-16H,2-11H2,1H3. The minimum atomic E-state index is 0.789. The minimum absolute atomic E-state index is 0.789. The van der Waals surface area contributed by atoms with Crippen LogP contribution >= 0.6 is 0 Å². The summed E-state index contributed by atoms with van der Waals surface area (Å²) in [7, 11) is 0. The molecule has 2 aliphatic carbocycles. The van der Waals surface area contributed by atoms with Gasteiger partial charge in [-0.05, 0) is 63.5 Å². The van der Waals surface area contributed by atoms with Crippen LogP contribution in [0.3, 0.4) is 0 Å². The van der Waals surface area contributed by atoms with E-state index in [1.165, 1.54) is 64.6 Å². The average Bonchev–Trinajstić information content (AvgIpc) is 2.25. The smallest absolute Gasteiger partial charge is 0.0195 e. The van der Waals surface area contributed by atoms with Crippen molar-refractivity contribution in [2.24, 2.45) is 11.8 Å². The number of rotatable bonds is 4. The highest BCUT2D eigenvalue weighted by Crippen LogP contribution is 2.33. The van der Waals surface area contributed by atoms with Gasteiger partial charge >= 0.3 is 0 Å². The molecule has 2 nitrogen and oxygen atoms in total. The van der Waals surface area contributed by atoms with E-state index in [0.717, 1.165) is 23.9 Å². The molecule has 2 heteroatoms. The van der Waals surface area contributed by atoms with E-state index in [9.17, 15) is 0 Å². The van der Waals surface area contributed by atoms with E-state index in [4.69, 9.17) is 0 Å². The van der Waals surface area contributed by atoms with Gasteiger partial charge < -0.3 is 5.32 Å². The van der Waals surface area contributed by atoms with Crippen LogP contribution in [0.25, 0.3) is 0 Å². The monoisotopic (exact) mass is 236 g/mol. The number of hydrogen-bond acceptors (Lipinski definition) is 2. The zero-order valence-corrected chi connectivity index (χ0v) is 11.3. The Labute approximate surface area is 106 Å². The highest BCUT2D eigenvalue weighted by atomic mass is 15.2. The van der Waals surface area contributed by atoms with Crippen molar-refractivity contribution in [3.63, 3.8) is 0 Å². The topological polar surface area (TPSA) is 15.3 Å². The molecule has 0 amide bonds. The van der Waals surface area contributed by atoms with Gasteiger partial charge in [-0.25, -0.2) is 0 Å². The van der Waals surface area contributed by atoms with Crippen LogP contribution < -0.4 is 5.32 Å². The fourth-order valence-electron chi connectivity index (χ4n) is 3.70. The Bertz CT molecular complexity index is 249. The zero-order chi connectivity index (χ0) is 11.7. The van der Waals surface area contributed by atoms with Gasteiger partial charge in [-0.2, -0.15) is 0 Å². The predicted molar refractivity (Wildman–Crippen MR) is 72.1 cm³/mol. The maximum Gasteiger partial charge on any atom is 0.0195 e. The summed E-state index contributed by atoms with van der Waals surface area (Å²) in [5, 5.41) is 3.83. The second-order valence-corrected chi connectivity index (χ2v) is 6.66. The molecule has 17 heavy (non-hydrogen) atoms.